The number of benzene rings is 1. The van der Waals surface area contributed by atoms with Crippen LogP contribution in [-0.2, 0) is 23.9 Å². The van der Waals surface area contributed by atoms with Crippen molar-refractivity contribution in [3.8, 4) is 11.9 Å². The molecule has 4 aliphatic heterocycles. The molecule has 8 nitrogen and oxygen atoms in total. The number of para-hydroxylation sites is 1. The average molecular weight is 567 g/mol. The molecule has 1 amide bonds. The number of anilines is 2. The highest BCUT2D eigenvalue weighted by Gasteiger charge is 2.54. The lowest BCUT2D eigenvalue weighted by molar-refractivity contribution is -0.139. The second-order valence-corrected chi connectivity index (χ2v) is 11.7. The van der Waals surface area contributed by atoms with Crippen LogP contribution < -0.4 is 14.5 Å². The van der Waals surface area contributed by atoms with Gasteiger partial charge in [-0.3, -0.25) is 4.79 Å². The Bertz CT molecular complexity index is 1410. The van der Waals surface area contributed by atoms with Crippen LogP contribution in [0.5, 0.6) is 5.88 Å². The zero-order chi connectivity index (χ0) is 28.9. The molecule has 4 aliphatic rings. The van der Waals surface area contributed by atoms with Crippen LogP contribution in [0.25, 0.3) is 0 Å². The number of carbonyl (C=O) groups is 1. The lowest BCUT2D eigenvalue weighted by Crippen LogP contribution is -2.73. The Hall–Kier alpha value is -3.78. The quantitative estimate of drug-likeness (QED) is 0.492. The number of nitrogens with zero attached hydrogens (tertiary/aromatic N) is 6. The summed E-state index contributed by atoms with van der Waals surface area (Å²) in [4.78, 5) is 24.6. The molecule has 3 fully saturated rings. The second kappa shape index (κ2) is 10.2. The molecule has 0 bridgehead atoms. The van der Waals surface area contributed by atoms with Gasteiger partial charge in [-0.2, -0.15) is 18.4 Å². The van der Waals surface area contributed by atoms with Gasteiger partial charge in [0.1, 0.15) is 18.2 Å². The third-order valence-corrected chi connectivity index (χ3v) is 8.95. The fourth-order valence-corrected chi connectivity index (χ4v) is 6.82. The molecule has 0 N–H and O–H groups in total. The Kier molecular flexibility index (Phi) is 6.85. The Morgan fingerprint density at radius 2 is 1.98 bits per heavy atom. The van der Waals surface area contributed by atoms with Gasteiger partial charge in [-0.15, -0.1) is 0 Å². The van der Waals surface area contributed by atoms with Crippen molar-refractivity contribution < 1.29 is 22.7 Å². The molecule has 11 heteroatoms. The van der Waals surface area contributed by atoms with Gasteiger partial charge in [0.05, 0.1) is 23.5 Å². The second-order valence-electron chi connectivity index (χ2n) is 11.7. The minimum atomic E-state index is -4.47. The van der Waals surface area contributed by atoms with Crippen molar-refractivity contribution in [2.45, 2.75) is 38.0 Å². The third kappa shape index (κ3) is 4.88. The summed E-state index contributed by atoms with van der Waals surface area (Å²) in [6, 6.07) is 8.17. The van der Waals surface area contributed by atoms with E-state index in [0.29, 0.717) is 57.0 Å². The van der Waals surface area contributed by atoms with E-state index in [1.807, 2.05) is 7.05 Å². The van der Waals surface area contributed by atoms with E-state index in [1.165, 1.54) is 18.2 Å². The van der Waals surface area contributed by atoms with Crippen molar-refractivity contribution in [1.82, 2.24) is 14.8 Å². The number of alkyl halides is 3. The number of hydrogen-bond donors (Lipinski definition) is 0. The number of nitriles is 1. The molecular formula is C30H33F3N6O2. The monoisotopic (exact) mass is 566 g/mol. The first-order valence-corrected chi connectivity index (χ1v) is 14.0. The fraction of sp³-hybridized carbons (Fsp3) is 0.500. The zero-order valence-electron chi connectivity index (χ0n) is 23.1. The molecule has 1 unspecified atom stereocenters. The molecule has 3 saturated heterocycles. The van der Waals surface area contributed by atoms with E-state index in [-0.39, 0.29) is 35.5 Å². The number of amides is 1. The van der Waals surface area contributed by atoms with Gasteiger partial charge >= 0.3 is 6.18 Å². The summed E-state index contributed by atoms with van der Waals surface area (Å²) in [6.45, 7) is 8.14. The van der Waals surface area contributed by atoms with E-state index in [1.54, 1.807) is 15.9 Å². The molecule has 2 aromatic rings. The first-order chi connectivity index (χ1) is 19.6. The van der Waals surface area contributed by atoms with Gasteiger partial charge in [0.15, 0.2) is 0 Å². The summed E-state index contributed by atoms with van der Waals surface area (Å²) in [7, 11) is 2.05. The van der Waals surface area contributed by atoms with E-state index >= 15 is 0 Å². The maximum atomic E-state index is 13.8. The molecule has 216 valence electrons. The molecule has 1 atom stereocenters. The van der Waals surface area contributed by atoms with Crippen molar-refractivity contribution in [2.24, 2.45) is 5.41 Å². The number of rotatable bonds is 6. The highest BCUT2D eigenvalue weighted by Crippen LogP contribution is 2.47. The topological polar surface area (TPSA) is 75.9 Å². The van der Waals surface area contributed by atoms with E-state index in [0.717, 1.165) is 36.7 Å². The normalized spacial score (nSPS) is 21.6. The largest absolute Gasteiger partial charge is 0.475 e. The summed E-state index contributed by atoms with van der Waals surface area (Å²) in [5.41, 5.74) is 2.10. The number of carbonyl (C=O) groups excluding carboxylic acids is 1. The summed E-state index contributed by atoms with van der Waals surface area (Å²) in [6.07, 6.45) is -0.628. The maximum absolute atomic E-state index is 13.8. The highest BCUT2D eigenvalue weighted by atomic mass is 19.4. The summed E-state index contributed by atoms with van der Waals surface area (Å²) in [5, 5.41) is 10.3. The van der Waals surface area contributed by atoms with Gasteiger partial charge in [0.2, 0.25) is 11.8 Å². The van der Waals surface area contributed by atoms with E-state index in [9.17, 15) is 23.2 Å². The zero-order valence-corrected chi connectivity index (χ0v) is 23.1. The van der Waals surface area contributed by atoms with Crippen molar-refractivity contribution in [3.63, 3.8) is 0 Å². The van der Waals surface area contributed by atoms with Gasteiger partial charge < -0.3 is 24.3 Å². The lowest BCUT2D eigenvalue weighted by atomic mass is 9.72. The van der Waals surface area contributed by atoms with Crippen LogP contribution >= 0.6 is 0 Å². The molecule has 0 saturated carbocycles. The van der Waals surface area contributed by atoms with Gasteiger partial charge in [-0.25, -0.2) is 4.98 Å². The standard InChI is InChI=1S/C30H33F3N6O2/c1-3-26(40)38-16-29(17-38)18-39(19-29)27-21-10-12-37(25-9-5-4-8-23(25)30(31,32)33)14-24(21)35-28(22(27)13-34)41-15-20-7-6-11-36(20)2/h3-5,8-9,20H,1,6-7,10-12,14-19H2,2H3. The Labute approximate surface area is 237 Å². The molecule has 1 spiro atoms. The number of ether oxygens (including phenoxy) is 1. The predicted octanol–water partition coefficient (Wildman–Crippen LogP) is 3.84. The number of halogens is 3. The maximum Gasteiger partial charge on any atom is 0.418 e. The molecule has 41 heavy (non-hydrogen) atoms. The van der Waals surface area contributed by atoms with Crippen LogP contribution in [-0.4, -0.2) is 79.7 Å². The molecule has 0 radical (unpaired) electrons. The van der Waals surface area contributed by atoms with Gasteiger partial charge in [0.25, 0.3) is 0 Å². The lowest BCUT2D eigenvalue weighted by Gasteiger charge is -2.61. The molecule has 6 rings (SSSR count). The molecule has 5 heterocycles. The van der Waals surface area contributed by atoms with Crippen molar-refractivity contribution in [1.29, 1.82) is 5.26 Å². The molecule has 1 aromatic carbocycles. The first-order valence-electron chi connectivity index (χ1n) is 14.0. The molecule has 0 aliphatic carbocycles. The predicted molar refractivity (Wildman–Crippen MR) is 148 cm³/mol. The molecular weight excluding hydrogens is 533 g/mol. The average Bonchev–Trinajstić information content (AvgIpc) is 3.33. The smallest absolute Gasteiger partial charge is 0.418 e. The Balaban J connectivity index is 1.32. The summed E-state index contributed by atoms with van der Waals surface area (Å²) < 4.78 is 47.7. The Morgan fingerprint density at radius 1 is 1.22 bits per heavy atom. The summed E-state index contributed by atoms with van der Waals surface area (Å²) in [5.74, 6) is 0.158. The fourth-order valence-electron chi connectivity index (χ4n) is 6.82. The SMILES string of the molecule is C=CC(=O)N1CC2(C1)CN(c1c(C#N)c(OCC3CCCN3C)nc3c1CCN(c1ccccc1C(F)(F)F)C3)C2. The van der Waals surface area contributed by atoms with Gasteiger partial charge in [-0.1, -0.05) is 18.7 Å². The van der Waals surface area contributed by atoms with Crippen LogP contribution in [0.15, 0.2) is 36.9 Å². The Morgan fingerprint density at radius 3 is 2.63 bits per heavy atom. The van der Waals surface area contributed by atoms with Crippen LogP contribution in [0.4, 0.5) is 24.5 Å². The van der Waals surface area contributed by atoms with Crippen molar-refractivity contribution >= 4 is 17.3 Å². The third-order valence-electron chi connectivity index (χ3n) is 8.95. The number of aromatic nitrogens is 1. The summed E-state index contributed by atoms with van der Waals surface area (Å²) >= 11 is 0. The minimum Gasteiger partial charge on any atom is -0.475 e. The van der Waals surface area contributed by atoms with Gasteiger partial charge in [0, 0.05) is 55.4 Å². The van der Waals surface area contributed by atoms with Crippen LogP contribution in [0.3, 0.4) is 0 Å². The number of likely N-dealkylation sites (tertiary alicyclic amines) is 2. The van der Waals surface area contributed by atoms with E-state index < -0.39 is 11.7 Å². The van der Waals surface area contributed by atoms with Crippen molar-refractivity contribution in [3.05, 3.63) is 59.3 Å². The van der Waals surface area contributed by atoms with Crippen LogP contribution in [0.2, 0.25) is 0 Å². The first kappa shape index (κ1) is 27.4. The number of likely N-dealkylation sites (N-methyl/N-ethyl adjacent to an activating group) is 1. The van der Waals surface area contributed by atoms with E-state index in [2.05, 4.69) is 22.4 Å². The molecule has 1 aromatic heterocycles. The van der Waals surface area contributed by atoms with Gasteiger partial charge in [-0.05, 0) is 51.1 Å². The minimum absolute atomic E-state index is 0.0263. The number of hydrogen-bond acceptors (Lipinski definition) is 7. The number of pyridine rings is 1. The van der Waals surface area contributed by atoms with E-state index in [4.69, 9.17) is 9.72 Å². The van der Waals surface area contributed by atoms with Crippen LogP contribution in [0.1, 0.15) is 35.2 Å². The number of fused-ring (bicyclic) bond motifs is 1. The highest BCUT2D eigenvalue weighted by molar-refractivity contribution is 5.88. The van der Waals surface area contributed by atoms with Crippen molar-refractivity contribution in [2.75, 3.05) is 62.7 Å². The van der Waals surface area contributed by atoms with Crippen LogP contribution in [0, 0.1) is 16.7 Å².